The fourth-order valence-electron chi connectivity index (χ4n) is 0.852. The fraction of sp³-hybridized carbons (Fsp3) is 1.00. The highest BCUT2D eigenvalue weighted by Gasteiger charge is 1.91. The highest BCUT2D eigenvalue weighted by atomic mass is 16.5. The molecule has 0 saturated carbocycles. The summed E-state index contributed by atoms with van der Waals surface area (Å²) >= 11 is 0. The minimum atomic E-state index is 0.578. The van der Waals surface area contributed by atoms with Gasteiger partial charge in [-0.3, -0.25) is 0 Å². The van der Waals surface area contributed by atoms with Gasteiger partial charge in [-0.15, -0.1) is 0 Å². The normalized spacial score (nSPS) is 11.0. The number of rotatable bonds is 8. The van der Waals surface area contributed by atoms with Gasteiger partial charge in [-0.05, 0) is 25.9 Å². The standard InChI is InChI=1S/C9H22N2O/c1-9(2)11-6-4-8-12-7-3-5-10/h9,11H,3-8,10H2,1-2H3. The van der Waals surface area contributed by atoms with Crippen LogP contribution in [0, 0.1) is 0 Å². The lowest BCUT2D eigenvalue weighted by molar-refractivity contribution is 0.130. The summed E-state index contributed by atoms with van der Waals surface area (Å²) in [6.45, 7) is 7.72. The molecule has 0 unspecified atom stereocenters. The molecule has 0 aliphatic carbocycles. The molecule has 0 bridgehead atoms. The van der Waals surface area contributed by atoms with Gasteiger partial charge in [0.15, 0.2) is 0 Å². The first-order valence-corrected chi connectivity index (χ1v) is 4.78. The van der Waals surface area contributed by atoms with Gasteiger partial charge in [-0.1, -0.05) is 13.8 Å². The Kier molecular flexibility index (Phi) is 8.88. The fourth-order valence-corrected chi connectivity index (χ4v) is 0.852. The van der Waals surface area contributed by atoms with Crippen LogP contribution in [-0.2, 0) is 4.74 Å². The minimum Gasteiger partial charge on any atom is -0.381 e. The molecule has 12 heavy (non-hydrogen) atoms. The van der Waals surface area contributed by atoms with E-state index >= 15 is 0 Å². The lowest BCUT2D eigenvalue weighted by atomic mass is 10.3. The second kappa shape index (κ2) is 8.97. The number of hydrogen-bond acceptors (Lipinski definition) is 3. The largest absolute Gasteiger partial charge is 0.381 e. The topological polar surface area (TPSA) is 47.3 Å². The van der Waals surface area contributed by atoms with Crippen LogP contribution < -0.4 is 11.1 Å². The zero-order valence-electron chi connectivity index (χ0n) is 8.31. The summed E-state index contributed by atoms with van der Waals surface area (Å²) in [4.78, 5) is 0. The highest BCUT2D eigenvalue weighted by Crippen LogP contribution is 1.85. The van der Waals surface area contributed by atoms with Gasteiger partial charge in [0, 0.05) is 19.3 Å². The van der Waals surface area contributed by atoms with Crippen LogP contribution in [0.3, 0.4) is 0 Å². The van der Waals surface area contributed by atoms with E-state index in [9.17, 15) is 0 Å². The number of hydrogen-bond donors (Lipinski definition) is 2. The number of nitrogens with two attached hydrogens (primary N) is 1. The van der Waals surface area contributed by atoms with Crippen molar-refractivity contribution in [3.63, 3.8) is 0 Å². The molecule has 3 N–H and O–H groups in total. The lowest BCUT2D eigenvalue weighted by Crippen LogP contribution is -2.24. The van der Waals surface area contributed by atoms with E-state index < -0.39 is 0 Å². The summed E-state index contributed by atoms with van der Waals surface area (Å²) in [5.74, 6) is 0. The lowest BCUT2D eigenvalue weighted by Gasteiger charge is -2.07. The van der Waals surface area contributed by atoms with Crippen molar-refractivity contribution in [1.82, 2.24) is 5.32 Å². The first-order chi connectivity index (χ1) is 5.77. The van der Waals surface area contributed by atoms with E-state index in [0.717, 1.165) is 39.1 Å². The van der Waals surface area contributed by atoms with Crippen molar-refractivity contribution in [2.24, 2.45) is 5.73 Å². The summed E-state index contributed by atoms with van der Waals surface area (Å²) < 4.78 is 5.34. The second-order valence-electron chi connectivity index (χ2n) is 3.22. The average molecular weight is 174 g/mol. The Balaban J connectivity index is 2.82. The molecule has 0 aromatic rings. The van der Waals surface area contributed by atoms with E-state index in [4.69, 9.17) is 10.5 Å². The molecule has 0 aliphatic rings. The van der Waals surface area contributed by atoms with Crippen molar-refractivity contribution < 1.29 is 4.74 Å². The third-order valence-electron chi connectivity index (χ3n) is 1.51. The van der Waals surface area contributed by atoms with Crippen LogP contribution in [-0.4, -0.2) is 32.3 Å². The van der Waals surface area contributed by atoms with E-state index in [-0.39, 0.29) is 0 Å². The maximum Gasteiger partial charge on any atom is 0.0478 e. The molecule has 0 radical (unpaired) electrons. The van der Waals surface area contributed by atoms with E-state index in [1.165, 1.54) is 0 Å². The summed E-state index contributed by atoms with van der Waals surface area (Å²) in [7, 11) is 0. The molecule has 0 rings (SSSR count). The van der Waals surface area contributed by atoms with Crippen LogP contribution in [0.15, 0.2) is 0 Å². The Hall–Kier alpha value is -0.120. The SMILES string of the molecule is CC(C)NCCCOCCCN. The first-order valence-electron chi connectivity index (χ1n) is 4.78. The van der Waals surface area contributed by atoms with Gasteiger partial charge < -0.3 is 15.8 Å². The molecule has 74 valence electrons. The summed E-state index contributed by atoms with van der Waals surface area (Å²) in [6, 6.07) is 0.578. The molecule has 0 aromatic carbocycles. The average Bonchev–Trinajstić information content (AvgIpc) is 2.02. The van der Waals surface area contributed by atoms with Crippen LogP contribution in [0.4, 0.5) is 0 Å². The maximum atomic E-state index is 5.34. The summed E-state index contributed by atoms with van der Waals surface area (Å²) in [6.07, 6.45) is 2.06. The highest BCUT2D eigenvalue weighted by molar-refractivity contribution is 4.51. The number of nitrogens with one attached hydrogen (secondary N) is 1. The van der Waals surface area contributed by atoms with Crippen LogP contribution in [0.25, 0.3) is 0 Å². The molecule has 0 spiro atoms. The van der Waals surface area contributed by atoms with Crippen LogP contribution >= 0.6 is 0 Å². The van der Waals surface area contributed by atoms with Gasteiger partial charge in [0.2, 0.25) is 0 Å². The molecule has 3 nitrogen and oxygen atoms in total. The zero-order chi connectivity index (χ0) is 9.23. The van der Waals surface area contributed by atoms with Crippen LogP contribution in [0.2, 0.25) is 0 Å². The van der Waals surface area contributed by atoms with Crippen molar-refractivity contribution in [1.29, 1.82) is 0 Å². The van der Waals surface area contributed by atoms with Crippen molar-refractivity contribution >= 4 is 0 Å². The molecule has 0 aromatic heterocycles. The second-order valence-corrected chi connectivity index (χ2v) is 3.22. The summed E-state index contributed by atoms with van der Waals surface area (Å²) in [5.41, 5.74) is 5.32. The molecule has 0 atom stereocenters. The Bertz CT molecular complexity index is 86.6. The van der Waals surface area contributed by atoms with E-state index in [1.807, 2.05) is 0 Å². The molecule has 0 aliphatic heterocycles. The van der Waals surface area contributed by atoms with Gasteiger partial charge in [-0.25, -0.2) is 0 Å². The van der Waals surface area contributed by atoms with Crippen molar-refractivity contribution in [3.05, 3.63) is 0 Å². The molecular weight excluding hydrogens is 152 g/mol. The molecule has 0 fully saturated rings. The molecule has 0 saturated heterocycles. The predicted octanol–water partition coefficient (Wildman–Crippen LogP) is 0.740. The Labute approximate surface area is 75.7 Å². The van der Waals surface area contributed by atoms with Gasteiger partial charge >= 0.3 is 0 Å². The van der Waals surface area contributed by atoms with Gasteiger partial charge in [0.05, 0.1) is 0 Å². The number of ether oxygens (including phenoxy) is 1. The molecule has 3 heteroatoms. The predicted molar refractivity (Wildman–Crippen MR) is 52.2 cm³/mol. The third-order valence-corrected chi connectivity index (χ3v) is 1.51. The monoisotopic (exact) mass is 174 g/mol. The smallest absolute Gasteiger partial charge is 0.0478 e. The molecule has 0 heterocycles. The van der Waals surface area contributed by atoms with E-state index in [0.29, 0.717) is 6.04 Å². The molecular formula is C9H22N2O. The van der Waals surface area contributed by atoms with Gasteiger partial charge in [0.1, 0.15) is 0 Å². The van der Waals surface area contributed by atoms with Crippen LogP contribution in [0.5, 0.6) is 0 Å². The maximum absolute atomic E-state index is 5.34. The third kappa shape index (κ3) is 9.88. The zero-order valence-corrected chi connectivity index (χ0v) is 8.31. The van der Waals surface area contributed by atoms with Crippen molar-refractivity contribution in [2.75, 3.05) is 26.3 Å². The summed E-state index contributed by atoms with van der Waals surface area (Å²) in [5, 5.41) is 3.33. The van der Waals surface area contributed by atoms with Gasteiger partial charge in [-0.2, -0.15) is 0 Å². The molecule has 0 amide bonds. The van der Waals surface area contributed by atoms with E-state index in [1.54, 1.807) is 0 Å². The Morgan fingerprint density at radius 2 is 1.92 bits per heavy atom. The van der Waals surface area contributed by atoms with Crippen molar-refractivity contribution in [3.8, 4) is 0 Å². The quantitative estimate of drug-likeness (QED) is 0.534. The van der Waals surface area contributed by atoms with Crippen molar-refractivity contribution in [2.45, 2.75) is 32.7 Å². The first kappa shape index (κ1) is 11.9. The Morgan fingerprint density at radius 1 is 1.25 bits per heavy atom. The van der Waals surface area contributed by atoms with Crippen LogP contribution in [0.1, 0.15) is 26.7 Å². The van der Waals surface area contributed by atoms with Gasteiger partial charge in [0.25, 0.3) is 0 Å². The Morgan fingerprint density at radius 3 is 2.50 bits per heavy atom. The minimum absolute atomic E-state index is 0.578. The van der Waals surface area contributed by atoms with E-state index in [2.05, 4.69) is 19.2 Å².